The number of hydrogen-bond donors (Lipinski definition) is 0. The molecular formula is C69H126O6. The lowest BCUT2D eigenvalue weighted by Crippen LogP contribution is -2.30. The van der Waals surface area contributed by atoms with Crippen LogP contribution in [0, 0.1) is 0 Å². The average molecular weight is 1050 g/mol. The molecule has 0 radical (unpaired) electrons. The van der Waals surface area contributed by atoms with E-state index in [9.17, 15) is 14.4 Å². The Morgan fingerprint density at radius 3 is 0.813 bits per heavy atom. The summed E-state index contributed by atoms with van der Waals surface area (Å²) in [4.78, 5) is 38.0. The average Bonchev–Trinajstić information content (AvgIpc) is 3.41. The maximum Gasteiger partial charge on any atom is 0.306 e. The summed E-state index contributed by atoms with van der Waals surface area (Å²) in [6.07, 6.45) is 80.4. The van der Waals surface area contributed by atoms with E-state index in [1.165, 1.54) is 225 Å². The number of carbonyl (C=O) groups is 3. The minimum Gasteiger partial charge on any atom is -0.462 e. The third kappa shape index (κ3) is 62.1. The van der Waals surface area contributed by atoms with Crippen molar-refractivity contribution < 1.29 is 28.6 Å². The number of unbranched alkanes of at least 4 members (excludes halogenated alkanes) is 42. The molecule has 6 nitrogen and oxygen atoms in total. The number of esters is 3. The van der Waals surface area contributed by atoms with E-state index in [-0.39, 0.29) is 31.1 Å². The molecule has 0 fully saturated rings. The molecule has 0 aliphatic rings. The molecule has 0 rings (SSSR count). The highest BCUT2D eigenvalue weighted by atomic mass is 16.6. The van der Waals surface area contributed by atoms with E-state index in [4.69, 9.17) is 14.2 Å². The van der Waals surface area contributed by atoms with Crippen molar-refractivity contribution in [2.45, 2.75) is 361 Å². The standard InChI is InChI=1S/C69H126O6/c1-4-7-10-13-15-17-19-21-23-25-27-29-31-32-33-34-35-36-38-39-41-43-45-47-49-51-53-56-59-62-68(71)74-65-66(64-73-67(70)61-58-55-12-9-6-3)75-69(72)63-60-57-54-52-50-48-46-44-42-40-37-30-28-26-24-22-20-18-16-14-11-8-5-2/h7,10,15,17,21,23,27,29,66H,4-6,8-9,11-14,16,18-20,22,24-26,28,30-65H2,1-3H3/b10-7-,17-15-,23-21-,29-27-. The highest BCUT2D eigenvalue weighted by Gasteiger charge is 2.19. The smallest absolute Gasteiger partial charge is 0.306 e. The molecule has 0 aliphatic heterocycles. The fourth-order valence-electron chi connectivity index (χ4n) is 9.91. The first kappa shape index (κ1) is 72.4. The molecule has 0 aromatic rings. The lowest BCUT2D eigenvalue weighted by atomic mass is 10.0. The van der Waals surface area contributed by atoms with Crippen molar-refractivity contribution >= 4 is 17.9 Å². The SMILES string of the molecule is CC/C=C\C/C=C\C/C=C\C/C=C\CCCCCCCCCCCCCCCCCCC(=O)OCC(COC(=O)CCCCCCC)OC(=O)CCCCCCCCCCCCCCCCCCCCCCCCC. The van der Waals surface area contributed by atoms with Crippen molar-refractivity contribution in [1.82, 2.24) is 0 Å². The van der Waals surface area contributed by atoms with Crippen molar-refractivity contribution in [1.29, 1.82) is 0 Å². The van der Waals surface area contributed by atoms with Gasteiger partial charge in [0.05, 0.1) is 0 Å². The summed E-state index contributed by atoms with van der Waals surface area (Å²) in [6, 6.07) is 0. The Balaban J connectivity index is 3.95. The van der Waals surface area contributed by atoms with Gasteiger partial charge in [-0.25, -0.2) is 0 Å². The minimum atomic E-state index is -0.766. The maximum atomic E-state index is 12.8. The Morgan fingerprint density at radius 2 is 0.520 bits per heavy atom. The van der Waals surface area contributed by atoms with Crippen LogP contribution in [0.2, 0.25) is 0 Å². The lowest BCUT2D eigenvalue weighted by molar-refractivity contribution is -0.167. The summed E-state index contributed by atoms with van der Waals surface area (Å²) in [5.74, 6) is -0.859. The second-order valence-electron chi connectivity index (χ2n) is 22.4. The van der Waals surface area contributed by atoms with Crippen molar-refractivity contribution in [3.63, 3.8) is 0 Å². The van der Waals surface area contributed by atoms with E-state index in [0.29, 0.717) is 19.3 Å². The molecule has 438 valence electrons. The van der Waals surface area contributed by atoms with Crippen LogP contribution >= 0.6 is 0 Å². The molecule has 0 saturated heterocycles. The Kier molecular flexibility index (Phi) is 61.7. The number of rotatable bonds is 61. The fraction of sp³-hybridized carbons (Fsp3) is 0.841. The van der Waals surface area contributed by atoms with Gasteiger partial charge in [0.25, 0.3) is 0 Å². The Hall–Kier alpha value is -2.63. The fourth-order valence-corrected chi connectivity index (χ4v) is 9.91. The van der Waals surface area contributed by atoms with Gasteiger partial charge in [-0.15, -0.1) is 0 Å². The molecule has 0 aromatic heterocycles. The minimum absolute atomic E-state index is 0.0679. The Labute approximate surface area is 467 Å². The molecule has 0 heterocycles. The van der Waals surface area contributed by atoms with Gasteiger partial charge < -0.3 is 14.2 Å². The van der Waals surface area contributed by atoms with Crippen LogP contribution in [0.15, 0.2) is 48.6 Å². The molecule has 0 amide bonds. The second kappa shape index (κ2) is 63.9. The van der Waals surface area contributed by atoms with Crippen LogP contribution in [0.4, 0.5) is 0 Å². The third-order valence-corrected chi connectivity index (χ3v) is 14.8. The lowest BCUT2D eigenvalue weighted by Gasteiger charge is -2.18. The summed E-state index contributed by atoms with van der Waals surface area (Å²) in [6.45, 7) is 6.50. The zero-order chi connectivity index (χ0) is 54.3. The van der Waals surface area contributed by atoms with E-state index in [1.807, 2.05) is 0 Å². The molecule has 0 bridgehead atoms. The van der Waals surface area contributed by atoms with Gasteiger partial charge in [-0.05, 0) is 57.8 Å². The summed E-state index contributed by atoms with van der Waals surface area (Å²) in [5.41, 5.74) is 0. The van der Waals surface area contributed by atoms with Gasteiger partial charge in [0.15, 0.2) is 6.10 Å². The summed E-state index contributed by atoms with van der Waals surface area (Å²) in [5, 5.41) is 0. The predicted octanol–water partition coefficient (Wildman–Crippen LogP) is 22.6. The van der Waals surface area contributed by atoms with Crippen molar-refractivity contribution in [2.75, 3.05) is 13.2 Å². The van der Waals surface area contributed by atoms with E-state index >= 15 is 0 Å². The molecule has 6 heteroatoms. The van der Waals surface area contributed by atoms with Gasteiger partial charge in [-0.1, -0.05) is 326 Å². The molecule has 0 aromatic carbocycles. The van der Waals surface area contributed by atoms with Crippen molar-refractivity contribution in [3.8, 4) is 0 Å². The zero-order valence-electron chi connectivity index (χ0n) is 50.3. The van der Waals surface area contributed by atoms with E-state index in [1.54, 1.807) is 0 Å². The van der Waals surface area contributed by atoms with E-state index < -0.39 is 6.10 Å². The van der Waals surface area contributed by atoms with Crippen molar-refractivity contribution in [2.24, 2.45) is 0 Å². The molecule has 0 saturated carbocycles. The van der Waals surface area contributed by atoms with Gasteiger partial charge in [0, 0.05) is 19.3 Å². The predicted molar refractivity (Wildman–Crippen MR) is 325 cm³/mol. The molecule has 1 atom stereocenters. The first-order valence-electron chi connectivity index (χ1n) is 33.1. The number of carbonyl (C=O) groups excluding carboxylic acids is 3. The van der Waals surface area contributed by atoms with Gasteiger partial charge >= 0.3 is 17.9 Å². The first-order chi connectivity index (χ1) is 37.0. The number of ether oxygens (including phenoxy) is 3. The normalized spacial score (nSPS) is 12.3. The van der Waals surface area contributed by atoms with Gasteiger partial charge in [-0.3, -0.25) is 14.4 Å². The molecule has 0 N–H and O–H groups in total. The van der Waals surface area contributed by atoms with E-state index in [2.05, 4.69) is 69.4 Å². The van der Waals surface area contributed by atoms with Crippen LogP contribution in [0.25, 0.3) is 0 Å². The second-order valence-corrected chi connectivity index (χ2v) is 22.4. The van der Waals surface area contributed by atoms with Crippen molar-refractivity contribution in [3.05, 3.63) is 48.6 Å². The highest BCUT2D eigenvalue weighted by molar-refractivity contribution is 5.71. The summed E-state index contributed by atoms with van der Waals surface area (Å²) >= 11 is 0. The van der Waals surface area contributed by atoms with Gasteiger partial charge in [-0.2, -0.15) is 0 Å². The van der Waals surface area contributed by atoms with Gasteiger partial charge in [0.1, 0.15) is 13.2 Å². The van der Waals surface area contributed by atoms with Gasteiger partial charge in [0.2, 0.25) is 0 Å². The molecule has 0 aliphatic carbocycles. The number of allylic oxidation sites excluding steroid dienone is 8. The monoisotopic (exact) mass is 1050 g/mol. The maximum absolute atomic E-state index is 12.8. The molecule has 0 spiro atoms. The van der Waals surface area contributed by atoms with E-state index in [0.717, 1.165) is 89.9 Å². The third-order valence-electron chi connectivity index (χ3n) is 14.8. The van der Waals surface area contributed by atoms with Crippen LogP contribution in [0.3, 0.4) is 0 Å². The number of hydrogen-bond acceptors (Lipinski definition) is 6. The van der Waals surface area contributed by atoms with Crippen LogP contribution < -0.4 is 0 Å². The van der Waals surface area contributed by atoms with Crippen LogP contribution in [0.1, 0.15) is 355 Å². The zero-order valence-corrected chi connectivity index (χ0v) is 50.3. The highest BCUT2D eigenvalue weighted by Crippen LogP contribution is 2.18. The first-order valence-corrected chi connectivity index (χ1v) is 33.1. The molecule has 1 unspecified atom stereocenters. The summed E-state index contributed by atoms with van der Waals surface area (Å²) < 4.78 is 16.8. The largest absolute Gasteiger partial charge is 0.462 e. The van der Waals surface area contributed by atoms with Crippen LogP contribution in [0.5, 0.6) is 0 Å². The molecular weight excluding hydrogens is 925 g/mol. The Morgan fingerprint density at radius 1 is 0.280 bits per heavy atom. The van der Waals surface area contributed by atoms with Crippen LogP contribution in [-0.4, -0.2) is 37.2 Å². The van der Waals surface area contributed by atoms with Crippen LogP contribution in [-0.2, 0) is 28.6 Å². The topological polar surface area (TPSA) is 78.9 Å². The quantitative estimate of drug-likeness (QED) is 0.0261. The molecule has 75 heavy (non-hydrogen) atoms. The Bertz CT molecular complexity index is 1300. The summed E-state index contributed by atoms with van der Waals surface area (Å²) in [7, 11) is 0.